The van der Waals surface area contributed by atoms with Crippen LogP contribution in [0.25, 0.3) is 12.2 Å². The fourth-order valence-corrected chi connectivity index (χ4v) is 2.94. The van der Waals surface area contributed by atoms with Gasteiger partial charge >= 0.3 is 6.18 Å². The van der Waals surface area contributed by atoms with Crippen molar-refractivity contribution in [3.63, 3.8) is 0 Å². The molecule has 4 aromatic rings. The zero-order valence-electron chi connectivity index (χ0n) is 17.6. The Hall–Kier alpha value is -4.60. The number of anilines is 4. The van der Waals surface area contributed by atoms with E-state index in [-0.39, 0.29) is 11.7 Å². The molecule has 5 N–H and O–H groups in total. The number of nitrogens with one attached hydrogen (secondary N) is 1. The third-order valence-electron chi connectivity index (χ3n) is 4.53. The molecule has 172 valence electrons. The first-order valence-corrected chi connectivity index (χ1v) is 10.0. The lowest BCUT2D eigenvalue weighted by molar-refractivity contribution is -0.141. The number of benzene rings is 2. The van der Waals surface area contributed by atoms with Crippen LogP contribution < -0.4 is 21.5 Å². The number of hydrogen-bond donors (Lipinski definition) is 3. The van der Waals surface area contributed by atoms with Crippen LogP contribution >= 0.6 is 0 Å². The van der Waals surface area contributed by atoms with E-state index in [2.05, 4.69) is 20.3 Å². The summed E-state index contributed by atoms with van der Waals surface area (Å²) in [4.78, 5) is 11.7. The molecule has 0 atom stereocenters. The van der Waals surface area contributed by atoms with Crippen molar-refractivity contribution in [3.8, 4) is 11.5 Å². The summed E-state index contributed by atoms with van der Waals surface area (Å²) in [5.74, 6) is 0.963. The molecule has 2 aromatic heterocycles. The van der Waals surface area contributed by atoms with Gasteiger partial charge in [0.15, 0.2) is 0 Å². The van der Waals surface area contributed by atoms with Gasteiger partial charge in [0.25, 0.3) is 0 Å². The number of alkyl halides is 3. The zero-order valence-corrected chi connectivity index (χ0v) is 17.6. The fourth-order valence-electron chi connectivity index (χ4n) is 2.94. The molecule has 0 aliphatic carbocycles. The van der Waals surface area contributed by atoms with Gasteiger partial charge in [-0.15, -0.1) is 0 Å². The maximum Gasteiger partial charge on any atom is 0.433 e. The van der Waals surface area contributed by atoms with Crippen LogP contribution in [0.1, 0.15) is 17.0 Å². The second kappa shape index (κ2) is 9.49. The molecule has 7 nitrogen and oxygen atoms in total. The number of ether oxygens (including phenoxy) is 1. The quantitative estimate of drug-likeness (QED) is 0.311. The monoisotopic (exact) mass is 464 g/mol. The van der Waals surface area contributed by atoms with Gasteiger partial charge in [-0.3, -0.25) is 4.98 Å². The van der Waals surface area contributed by atoms with Crippen molar-refractivity contribution in [1.82, 2.24) is 15.0 Å². The van der Waals surface area contributed by atoms with E-state index >= 15 is 0 Å². The highest BCUT2D eigenvalue weighted by molar-refractivity contribution is 5.71. The fraction of sp³-hybridized carbons (Fsp3) is 0.0417. The number of pyridine rings is 1. The van der Waals surface area contributed by atoms with Crippen LogP contribution in [-0.4, -0.2) is 15.0 Å². The Morgan fingerprint density at radius 3 is 2.26 bits per heavy atom. The first-order chi connectivity index (χ1) is 16.2. The normalized spacial score (nSPS) is 11.5. The maximum atomic E-state index is 12.8. The molecule has 0 amide bonds. The second-order valence-corrected chi connectivity index (χ2v) is 7.16. The molecule has 0 unspecified atom stereocenters. The predicted molar refractivity (Wildman–Crippen MR) is 125 cm³/mol. The number of nitrogens with two attached hydrogens (primary N) is 2. The van der Waals surface area contributed by atoms with Crippen LogP contribution in [0.15, 0.2) is 72.9 Å². The van der Waals surface area contributed by atoms with Crippen molar-refractivity contribution in [2.45, 2.75) is 6.18 Å². The lowest BCUT2D eigenvalue weighted by Crippen LogP contribution is -2.07. The number of nitrogen functional groups attached to an aromatic ring is 2. The van der Waals surface area contributed by atoms with Crippen molar-refractivity contribution < 1.29 is 17.9 Å². The minimum atomic E-state index is -4.55. The van der Waals surface area contributed by atoms with E-state index in [0.29, 0.717) is 28.6 Å². The topological polar surface area (TPSA) is 112 Å². The molecule has 0 fully saturated rings. The molecule has 2 heterocycles. The Morgan fingerprint density at radius 1 is 0.824 bits per heavy atom. The van der Waals surface area contributed by atoms with E-state index in [1.54, 1.807) is 48.5 Å². The Morgan fingerprint density at radius 2 is 1.56 bits per heavy atom. The van der Waals surface area contributed by atoms with Crippen LogP contribution in [0.3, 0.4) is 0 Å². The molecule has 0 aliphatic rings. The van der Waals surface area contributed by atoms with E-state index in [0.717, 1.165) is 17.8 Å². The molecule has 0 bridgehead atoms. The summed E-state index contributed by atoms with van der Waals surface area (Å²) in [6.07, 6.45) is 0.179. The lowest BCUT2D eigenvalue weighted by Gasteiger charge is -2.10. The number of aromatic nitrogens is 3. The van der Waals surface area contributed by atoms with E-state index in [1.807, 2.05) is 18.2 Å². The molecule has 0 radical (unpaired) electrons. The first kappa shape index (κ1) is 22.6. The zero-order chi connectivity index (χ0) is 24.1. The summed E-state index contributed by atoms with van der Waals surface area (Å²) in [6, 6.07) is 17.9. The Bertz CT molecular complexity index is 1310. The minimum Gasteiger partial charge on any atom is -0.457 e. The van der Waals surface area contributed by atoms with Gasteiger partial charge in [0.2, 0.25) is 5.95 Å². The third-order valence-corrected chi connectivity index (χ3v) is 4.53. The molecule has 2 aromatic carbocycles. The SMILES string of the molecule is Nc1ccc(/C=C/c2cc(Nc3ccc(Oc4ccnc(C(F)(F)F)c4)cc3)nc(N)n2)cc1. The Labute approximate surface area is 193 Å². The summed E-state index contributed by atoms with van der Waals surface area (Å²) < 4.78 is 44.0. The predicted octanol–water partition coefficient (Wildman–Crippen LogP) is 5.76. The van der Waals surface area contributed by atoms with Crippen LogP contribution in [0.2, 0.25) is 0 Å². The molecule has 34 heavy (non-hydrogen) atoms. The van der Waals surface area contributed by atoms with Gasteiger partial charge in [0.05, 0.1) is 5.69 Å². The summed E-state index contributed by atoms with van der Waals surface area (Å²) in [5, 5.41) is 3.12. The maximum absolute atomic E-state index is 12.8. The second-order valence-electron chi connectivity index (χ2n) is 7.16. The number of nitrogens with zero attached hydrogens (tertiary/aromatic N) is 3. The van der Waals surface area contributed by atoms with Crippen LogP contribution in [0.4, 0.5) is 36.3 Å². The summed E-state index contributed by atoms with van der Waals surface area (Å²) in [6.45, 7) is 0. The van der Waals surface area contributed by atoms with Crippen molar-refractivity contribution in [2.24, 2.45) is 0 Å². The van der Waals surface area contributed by atoms with E-state index in [1.165, 1.54) is 6.07 Å². The molecule has 0 aliphatic heterocycles. The van der Waals surface area contributed by atoms with Gasteiger partial charge < -0.3 is 21.5 Å². The van der Waals surface area contributed by atoms with Crippen molar-refractivity contribution in [2.75, 3.05) is 16.8 Å². The van der Waals surface area contributed by atoms with Gasteiger partial charge in [0.1, 0.15) is 23.0 Å². The molecule has 4 rings (SSSR count). The van der Waals surface area contributed by atoms with E-state index in [4.69, 9.17) is 16.2 Å². The minimum absolute atomic E-state index is 0.0316. The number of rotatable bonds is 6. The Kier molecular flexibility index (Phi) is 6.30. The highest BCUT2D eigenvalue weighted by Crippen LogP contribution is 2.31. The average Bonchev–Trinajstić information content (AvgIpc) is 2.79. The molecular weight excluding hydrogens is 445 g/mol. The lowest BCUT2D eigenvalue weighted by atomic mass is 10.2. The largest absolute Gasteiger partial charge is 0.457 e. The van der Waals surface area contributed by atoms with E-state index < -0.39 is 11.9 Å². The van der Waals surface area contributed by atoms with Crippen LogP contribution in [-0.2, 0) is 6.18 Å². The van der Waals surface area contributed by atoms with Crippen LogP contribution in [0.5, 0.6) is 11.5 Å². The summed E-state index contributed by atoms with van der Waals surface area (Å²) >= 11 is 0. The molecule has 0 saturated heterocycles. The summed E-state index contributed by atoms with van der Waals surface area (Å²) in [7, 11) is 0. The van der Waals surface area contributed by atoms with Gasteiger partial charge in [-0.1, -0.05) is 18.2 Å². The number of halogens is 3. The van der Waals surface area contributed by atoms with Crippen molar-refractivity contribution >= 4 is 35.3 Å². The summed E-state index contributed by atoms with van der Waals surface area (Å²) in [5.41, 5.74) is 13.4. The Balaban J connectivity index is 1.44. The first-order valence-electron chi connectivity index (χ1n) is 10.0. The van der Waals surface area contributed by atoms with Gasteiger partial charge in [-0.2, -0.15) is 18.2 Å². The third kappa shape index (κ3) is 6.00. The molecule has 10 heteroatoms. The highest BCUT2D eigenvalue weighted by atomic mass is 19.4. The smallest absolute Gasteiger partial charge is 0.433 e. The van der Waals surface area contributed by atoms with E-state index in [9.17, 15) is 13.2 Å². The van der Waals surface area contributed by atoms with Gasteiger partial charge in [0, 0.05) is 29.7 Å². The van der Waals surface area contributed by atoms with Crippen molar-refractivity contribution in [3.05, 3.63) is 89.9 Å². The molecular formula is C24H19F3N6O. The average molecular weight is 464 g/mol. The van der Waals surface area contributed by atoms with Gasteiger partial charge in [-0.25, -0.2) is 4.98 Å². The number of hydrogen-bond acceptors (Lipinski definition) is 7. The highest BCUT2D eigenvalue weighted by Gasteiger charge is 2.32. The molecule has 0 spiro atoms. The molecule has 0 saturated carbocycles. The van der Waals surface area contributed by atoms with Gasteiger partial charge in [-0.05, 0) is 54.1 Å². The van der Waals surface area contributed by atoms with Crippen LogP contribution in [0, 0.1) is 0 Å². The van der Waals surface area contributed by atoms with Crippen molar-refractivity contribution in [1.29, 1.82) is 0 Å². The standard InChI is InChI=1S/C24H19F3N6O/c25-24(26,27)21-14-20(11-12-30-21)34-19-9-7-17(8-10-19)31-22-13-18(32-23(29)33-22)6-3-15-1-4-16(28)5-2-15/h1-14H,28H2,(H3,29,31,32,33)/b6-3+.